The number of rotatable bonds is 2. The van der Waals surface area contributed by atoms with Crippen molar-refractivity contribution in [1.29, 1.82) is 0 Å². The Morgan fingerprint density at radius 2 is 1.62 bits per heavy atom. The number of nitrogens with one attached hydrogen (secondary N) is 1. The van der Waals surface area contributed by atoms with Crippen LogP contribution in [0.3, 0.4) is 0 Å². The Kier molecular flexibility index (Phi) is 2.30. The van der Waals surface area contributed by atoms with Gasteiger partial charge in [-0.1, -0.05) is 18.2 Å². The van der Waals surface area contributed by atoms with Gasteiger partial charge in [0.25, 0.3) is 0 Å². The second-order valence-corrected chi connectivity index (χ2v) is 5.71. The van der Waals surface area contributed by atoms with Gasteiger partial charge >= 0.3 is 7.82 Å². The van der Waals surface area contributed by atoms with Crippen molar-refractivity contribution in [3.05, 3.63) is 30.3 Å². The Balaban J connectivity index is 1.78. The fourth-order valence-electron chi connectivity index (χ4n) is 1.78. The molecule has 0 amide bonds. The third-order valence-electron chi connectivity index (χ3n) is 2.68. The Morgan fingerprint density at radius 1 is 1.06 bits per heavy atom. The highest BCUT2D eigenvalue weighted by molar-refractivity contribution is 7.48. The zero-order valence-corrected chi connectivity index (χ0v) is 9.48. The van der Waals surface area contributed by atoms with E-state index in [0.29, 0.717) is 19.8 Å². The van der Waals surface area contributed by atoms with Crippen molar-refractivity contribution in [2.45, 2.75) is 5.54 Å². The quantitative estimate of drug-likeness (QED) is 0.803. The summed E-state index contributed by atoms with van der Waals surface area (Å²) < 4.78 is 26.8. The molecule has 3 heterocycles. The Labute approximate surface area is 93.3 Å². The van der Waals surface area contributed by atoms with E-state index in [-0.39, 0.29) is 0 Å². The Bertz CT molecular complexity index is 404. The van der Waals surface area contributed by atoms with Crippen LogP contribution in [0.4, 0.5) is 5.69 Å². The minimum absolute atomic E-state index is 0.346. The van der Waals surface area contributed by atoms with Gasteiger partial charge in [0.1, 0.15) is 5.54 Å². The van der Waals surface area contributed by atoms with E-state index in [9.17, 15) is 4.57 Å². The third-order valence-corrected chi connectivity index (χ3v) is 4.02. The van der Waals surface area contributed by atoms with Crippen molar-refractivity contribution in [1.82, 2.24) is 0 Å². The molecule has 16 heavy (non-hydrogen) atoms. The van der Waals surface area contributed by atoms with Crippen molar-refractivity contribution >= 4 is 13.5 Å². The summed E-state index contributed by atoms with van der Waals surface area (Å²) in [7, 11) is -3.22. The molecule has 0 aliphatic carbocycles. The lowest BCUT2D eigenvalue weighted by Crippen LogP contribution is -2.56. The molecule has 0 saturated carbocycles. The molecule has 0 unspecified atom stereocenters. The maximum Gasteiger partial charge on any atom is 0.475 e. The molecular formula is C10H12NO4P. The van der Waals surface area contributed by atoms with Crippen LogP contribution in [-0.2, 0) is 18.1 Å². The number of fused-ring (bicyclic) bond motifs is 3. The first-order valence-electron chi connectivity index (χ1n) is 5.07. The van der Waals surface area contributed by atoms with Gasteiger partial charge in [-0.2, -0.15) is 0 Å². The molecule has 1 aromatic carbocycles. The zero-order valence-electron chi connectivity index (χ0n) is 8.59. The lowest BCUT2D eigenvalue weighted by molar-refractivity contribution is -0.0381. The summed E-state index contributed by atoms with van der Waals surface area (Å²) in [4.78, 5) is 0. The van der Waals surface area contributed by atoms with Gasteiger partial charge < -0.3 is 5.32 Å². The molecule has 4 rings (SSSR count). The van der Waals surface area contributed by atoms with Gasteiger partial charge in [0, 0.05) is 5.69 Å². The lowest BCUT2D eigenvalue weighted by Gasteiger charge is -2.44. The molecule has 1 N–H and O–H groups in total. The molecule has 3 aliphatic rings. The Morgan fingerprint density at radius 3 is 2.19 bits per heavy atom. The number of phosphoric acid groups is 1. The number of anilines is 1. The maximum absolute atomic E-state index is 11.5. The molecule has 2 bridgehead atoms. The van der Waals surface area contributed by atoms with Crippen molar-refractivity contribution in [2.75, 3.05) is 25.1 Å². The molecular weight excluding hydrogens is 229 g/mol. The van der Waals surface area contributed by atoms with E-state index in [0.717, 1.165) is 5.69 Å². The first-order valence-corrected chi connectivity index (χ1v) is 6.53. The summed E-state index contributed by atoms with van der Waals surface area (Å²) in [6.07, 6.45) is 0. The smallest absolute Gasteiger partial charge is 0.373 e. The minimum atomic E-state index is -3.22. The van der Waals surface area contributed by atoms with Gasteiger partial charge in [-0.25, -0.2) is 4.57 Å². The minimum Gasteiger partial charge on any atom is -0.373 e. The molecule has 86 valence electrons. The number of hydrogen-bond acceptors (Lipinski definition) is 5. The molecule has 6 heteroatoms. The van der Waals surface area contributed by atoms with Crippen LogP contribution in [0.2, 0.25) is 0 Å². The summed E-state index contributed by atoms with van der Waals surface area (Å²) in [6, 6.07) is 9.74. The topological polar surface area (TPSA) is 56.8 Å². The molecule has 3 aliphatic heterocycles. The summed E-state index contributed by atoms with van der Waals surface area (Å²) in [5, 5.41) is 3.30. The van der Waals surface area contributed by atoms with E-state index >= 15 is 0 Å². The highest BCUT2D eigenvalue weighted by Crippen LogP contribution is 2.58. The van der Waals surface area contributed by atoms with Crippen molar-refractivity contribution in [2.24, 2.45) is 0 Å². The van der Waals surface area contributed by atoms with Crippen LogP contribution in [0.25, 0.3) is 0 Å². The van der Waals surface area contributed by atoms with Crippen LogP contribution in [0.5, 0.6) is 0 Å². The van der Waals surface area contributed by atoms with E-state index in [2.05, 4.69) is 5.32 Å². The van der Waals surface area contributed by atoms with Gasteiger partial charge in [0.2, 0.25) is 0 Å². The first kappa shape index (κ1) is 10.3. The number of phosphoric ester groups is 1. The van der Waals surface area contributed by atoms with Crippen molar-refractivity contribution in [3.8, 4) is 0 Å². The number of hydrogen-bond donors (Lipinski definition) is 1. The predicted octanol–water partition coefficient (Wildman–Crippen LogP) is 2.02. The van der Waals surface area contributed by atoms with E-state index in [1.54, 1.807) is 0 Å². The fourth-order valence-corrected chi connectivity index (χ4v) is 3.22. The standard InChI is InChI=1S/C10H12NO4P/c12-16-13-6-10(7-14-16,8-15-16)11-9-4-2-1-3-5-9/h1-5,11H,6-8H2. The second kappa shape index (κ2) is 3.57. The average Bonchev–Trinajstić information content (AvgIpc) is 2.33. The van der Waals surface area contributed by atoms with Gasteiger partial charge in [0.15, 0.2) is 0 Å². The van der Waals surface area contributed by atoms with Crippen LogP contribution in [0.1, 0.15) is 0 Å². The van der Waals surface area contributed by atoms with E-state index in [1.807, 2.05) is 30.3 Å². The molecule has 3 saturated heterocycles. The van der Waals surface area contributed by atoms with E-state index < -0.39 is 13.4 Å². The lowest BCUT2D eigenvalue weighted by atomic mass is 10.0. The molecule has 0 radical (unpaired) electrons. The third kappa shape index (κ3) is 1.76. The summed E-state index contributed by atoms with van der Waals surface area (Å²) in [5.41, 5.74) is 0.546. The SMILES string of the molecule is O=P12OCC(Nc3ccccc3)(CO1)CO2. The molecule has 1 aromatic rings. The van der Waals surface area contributed by atoms with E-state index in [1.165, 1.54) is 0 Å². The largest absolute Gasteiger partial charge is 0.475 e. The van der Waals surface area contributed by atoms with Crippen LogP contribution < -0.4 is 5.32 Å². The molecule has 5 nitrogen and oxygen atoms in total. The van der Waals surface area contributed by atoms with Crippen LogP contribution >= 0.6 is 7.82 Å². The number of benzene rings is 1. The molecule has 0 aromatic heterocycles. The normalized spacial score (nSPS) is 37.2. The monoisotopic (exact) mass is 241 g/mol. The summed E-state index contributed by atoms with van der Waals surface area (Å²) in [6.45, 7) is 1.04. The summed E-state index contributed by atoms with van der Waals surface area (Å²) >= 11 is 0. The second-order valence-electron chi connectivity index (χ2n) is 4.04. The number of para-hydroxylation sites is 1. The molecule has 0 spiro atoms. The Hall–Kier alpha value is -0.870. The van der Waals surface area contributed by atoms with Gasteiger partial charge in [0.05, 0.1) is 19.8 Å². The first-order chi connectivity index (χ1) is 7.70. The average molecular weight is 241 g/mol. The highest BCUT2D eigenvalue weighted by Gasteiger charge is 2.50. The van der Waals surface area contributed by atoms with Crippen LogP contribution in [0.15, 0.2) is 30.3 Å². The van der Waals surface area contributed by atoms with Crippen molar-refractivity contribution in [3.63, 3.8) is 0 Å². The van der Waals surface area contributed by atoms with Gasteiger partial charge in [-0.05, 0) is 12.1 Å². The van der Waals surface area contributed by atoms with Crippen LogP contribution in [0, 0.1) is 0 Å². The van der Waals surface area contributed by atoms with Crippen molar-refractivity contribution < 1.29 is 18.1 Å². The predicted molar refractivity (Wildman–Crippen MR) is 58.3 cm³/mol. The highest BCUT2D eigenvalue weighted by atomic mass is 31.2. The van der Waals surface area contributed by atoms with Gasteiger partial charge in [-0.15, -0.1) is 0 Å². The zero-order chi connectivity index (χ0) is 11.1. The summed E-state index contributed by atoms with van der Waals surface area (Å²) in [5.74, 6) is 0. The molecule has 0 atom stereocenters. The maximum atomic E-state index is 11.5. The van der Waals surface area contributed by atoms with Gasteiger partial charge in [-0.3, -0.25) is 13.6 Å². The van der Waals surface area contributed by atoms with E-state index in [4.69, 9.17) is 13.6 Å². The van der Waals surface area contributed by atoms with Crippen LogP contribution in [-0.4, -0.2) is 25.4 Å². The molecule has 3 fully saturated rings. The fraction of sp³-hybridized carbons (Fsp3) is 0.400.